The number of nitrogens with zero attached hydrogens (tertiary/aromatic N) is 2. The molecule has 3 aliphatic rings. The van der Waals surface area contributed by atoms with E-state index in [1.54, 1.807) is 7.11 Å². The number of hydrogen-bond donors (Lipinski definition) is 2. The summed E-state index contributed by atoms with van der Waals surface area (Å²) in [5.41, 5.74) is 1.22. The zero-order valence-electron chi connectivity index (χ0n) is 25.1. The molecule has 10 nitrogen and oxygen atoms in total. The van der Waals surface area contributed by atoms with E-state index < -0.39 is 35.7 Å². The average Bonchev–Trinajstić information content (AvgIpc) is 3.50. The van der Waals surface area contributed by atoms with Crippen LogP contribution < -0.4 is 15.4 Å². The summed E-state index contributed by atoms with van der Waals surface area (Å²) in [7, 11) is 4.22. The van der Waals surface area contributed by atoms with Crippen molar-refractivity contribution in [3.05, 3.63) is 76.5 Å². The van der Waals surface area contributed by atoms with Crippen molar-refractivity contribution < 1.29 is 37.4 Å². The topological polar surface area (TPSA) is 109 Å². The molecule has 4 amide bonds. The van der Waals surface area contributed by atoms with Crippen molar-refractivity contribution >= 4 is 18.0 Å². The third kappa shape index (κ3) is 6.41. The van der Waals surface area contributed by atoms with Crippen LogP contribution in [0.25, 0.3) is 0 Å². The Balaban J connectivity index is 1.30. The summed E-state index contributed by atoms with van der Waals surface area (Å²) < 4.78 is 43.9. The van der Waals surface area contributed by atoms with Crippen LogP contribution in [-0.2, 0) is 14.3 Å². The van der Waals surface area contributed by atoms with Gasteiger partial charge in [-0.1, -0.05) is 24.3 Å². The van der Waals surface area contributed by atoms with Crippen LogP contribution in [0.15, 0.2) is 53.7 Å². The summed E-state index contributed by atoms with van der Waals surface area (Å²) in [5.74, 6) is -1.78. The van der Waals surface area contributed by atoms with Crippen LogP contribution in [0.5, 0.6) is 5.75 Å². The van der Waals surface area contributed by atoms with Crippen LogP contribution in [0, 0.1) is 11.6 Å². The second kappa shape index (κ2) is 13.7. The molecule has 2 aromatic carbocycles. The lowest BCUT2D eigenvalue weighted by Gasteiger charge is -2.37. The number of imide groups is 1. The molecule has 1 aliphatic carbocycles. The first-order chi connectivity index (χ1) is 21.2. The number of benzene rings is 2. The summed E-state index contributed by atoms with van der Waals surface area (Å²) in [5, 5.41) is 5.49. The zero-order chi connectivity index (χ0) is 31.4. The lowest BCUT2D eigenvalue weighted by atomic mass is 9.81. The number of nitrogens with one attached hydrogen (secondary N) is 2. The first-order valence-corrected chi connectivity index (χ1v) is 14.8. The van der Waals surface area contributed by atoms with Crippen molar-refractivity contribution in [3.63, 3.8) is 0 Å². The van der Waals surface area contributed by atoms with E-state index in [1.807, 2.05) is 18.2 Å². The summed E-state index contributed by atoms with van der Waals surface area (Å²) in [6.07, 6.45) is 4.79. The monoisotopic (exact) mass is 612 g/mol. The maximum absolute atomic E-state index is 14.4. The molecule has 5 rings (SSSR count). The molecule has 236 valence electrons. The molecule has 2 aliphatic heterocycles. The van der Waals surface area contributed by atoms with Gasteiger partial charge in [0.25, 0.3) is 0 Å². The van der Waals surface area contributed by atoms with Crippen LogP contribution in [0.4, 0.5) is 18.4 Å². The standard InChI is InChI=1S/C32H38F2N4O6/c1-42-18-26-28(30(39)44-3)29(20-10-13-24(33)25(34)16-20)38(32(41)36-26)31(40)35-21-14-15-37(17-21)22-11-8-19(9-12-22)23-6-4-5-7-27(23)43-2/h4-7,10,13,16,19,21-22,29H,8-9,11-12,14-15,17-18H2,1-3H3,(H,35,40)(H,36,41). The molecule has 2 unspecified atom stereocenters. The molecule has 0 bridgehead atoms. The molecular formula is C32H38F2N4O6. The van der Waals surface area contributed by atoms with E-state index in [0.29, 0.717) is 24.9 Å². The smallest absolute Gasteiger partial charge is 0.338 e. The normalized spacial score (nSPS) is 24.2. The van der Waals surface area contributed by atoms with Gasteiger partial charge in [0, 0.05) is 32.3 Å². The highest BCUT2D eigenvalue weighted by Crippen LogP contribution is 2.40. The second-order valence-corrected chi connectivity index (χ2v) is 11.4. The summed E-state index contributed by atoms with van der Waals surface area (Å²) in [6, 6.07) is 8.29. The van der Waals surface area contributed by atoms with E-state index >= 15 is 0 Å². The van der Waals surface area contributed by atoms with Gasteiger partial charge in [-0.15, -0.1) is 0 Å². The molecule has 0 aromatic heterocycles. The maximum atomic E-state index is 14.4. The highest BCUT2D eigenvalue weighted by molar-refractivity contribution is 6.01. The Kier molecular flexibility index (Phi) is 9.80. The number of ether oxygens (including phenoxy) is 3. The molecule has 0 spiro atoms. The fourth-order valence-corrected chi connectivity index (χ4v) is 6.72. The minimum Gasteiger partial charge on any atom is -0.496 e. The molecule has 2 fully saturated rings. The molecule has 12 heteroatoms. The van der Waals surface area contributed by atoms with Crippen molar-refractivity contribution in [1.82, 2.24) is 20.4 Å². The number of carbonyl (C=O) groups is 3. The number of para-hydroxylation sites is 1. The van der Waals surface area contributed by atoms with Gasteiger partial charge in [0.2, 0.25) is 0 Å². The number of urea groups is 2. The molecule has 1 saturated heterocycles. The van der Waals surface area contributed by atoms with E-state index in [-0.39, 0.29) is 29.5 Å². The van der Waals surface area contributed by atoms with Gasteiger partial charge in [0.15, 0.2) is 11.6 Å². The minimum absolute atomic E-state index is 0.0303. The predicted octanol–water partition coefficient (Wildman–Crippen LogP) is 4.62. The first-order valence-electron chi connectivity index (χ1n) is 14.8. The number of amides is 4. The van der Waals surface area contributed by atoms with E-state index in [4.69, 9.17) is 14.2 Å². The number of methoxy groups -OCH3 is 3. The van der Waals surface area contributed by atoms with E-state index in [1.165, 1.54) is 18.7 Å². The van der Waals surface area contributed by atoms with Crippen LogP contribution in [0.1, 0.15) is 55.2 Å². The number of likely N-dealkylation sites (tertiary alicyclic amines) is 1. The lowest BCUT2D eigenvalue weighted by Crippen LogP contribution is -2.56. The highest BCUT2D eigenvalue weighted by atomic mass is 19.2. The zero-order valence-corrected chi connectivity index (χ0v) is 25.1. The number of halogens is 2. The number of carbonyl (C=O) groups excluding carboxylic acids is 3. The van der Waals surface area contributed by atoms with Crippen molar-refractivity contribution in [2.45, 2.75) is 56.1 Å². The van der Waals surface area contributed by atoms with Crippen molar-refractivity contribution in [2.75, 3.05) is 41.0 Å². The Morgan fingerprint density at radius 1 is 1.00 bits per heavy atom. The third-order valence-corrected chi connectivity index (χ3v) is 8.84. The number of hydrogen-bond acceptors (Lipinski definition) is 7. The Labute approximate surface area is 255 Å². The Hall–Kier alpha value is -4.03. The Morgan fingerprint density at radius 3 is 2.43 bits per heavy atom. The number of esters is 1. The fourth-order valence-electron chi connectivity index (χ4n) is 6.72. The van der Waals surface area contributed by atoms with E-state index in [9.17, 15) is 23.2 Å². The molecule has 2 heterocycles. The van der Waals surface area contributed by atoms with Crippen molar-refractivity contribution in [1.29, 1.82) is 0 Å². The molecule has 2 N–H and O–H groups in total. The van der Waals surface area contributed by atoms with E-state index in [0.717, 1.165) is 62.1 Å². The van der Waals surface area contributed by atoms with Gasteiger partial charge < -0.3 is 24.8 Å². The maximum Gasteiger partial charge on any atom is 0.338 e. The largest absolute Gasteiger partial charge is 0.496 e. The van der Waals surface area contributed by atoms with Gasteiger partial charge in [-0.05, 0) is 67.3 Å². The summed E-state index contributed by atoms with van der Waals surface area (Å²) in [4.78, 5) is 43.2. The summed E-state index contributed by atoms with van der Waals surface area (Å²) >= 11 is 0. The van der Waals surface area contributed by atoms with Gasteiger partial charge in [-0.25, -0.2) is 28.1 Å². The third-order valence-electron chi connectivity index (χ3n) is 8.84. The van der Waals surface area contributed by atoms with Gasteiger partial charge in [0.05, 0.1) is 32.1 Å². The minimum atomic E-state index is -1.38. The molecule has 2 aromatic rings. The second-order valence-electron chi connectivity index (χ2n) is 11.4. The number of rotatable bonds is 8. The first kappa shape index (κ1) is 31.4. The van der Waals surface area contributed by atoms with Gasteiger partial charge in [-0.2, -0.15) is 0 Å². The van der Waals surface area contributed by atoms with Gasteiger partial charge in [-0.3, -0.25) is 4.90 Å². The highest BCUT2D eigenvalue weighted by Gasteiger charge is 2.44. The van der Waals surface area contributed by atoms with Gasteiger partial charge in [0.1, 0.15) is 11.8 Å². The summed E-state index contributed by atoms with van der Waals surface area (Å²) in [6.45, 7) is 1.22. The average molecular weight is 613 g/mol. The van der Waals surface area contributed by atoms with Gasteiger partial charge >= 0.3 is 18.0 Å². The molecular weight excluding hydrogens is 574 g/mol. The Morgan fingerprint density at radius 2 is 1.75 bits per heavy atom. The van der Waals surface area contributed by atoms with Crippen molar-refractivity contribution in [2.24, 2.45) is 0 Å². The SMILES string of the molecule is COCC1=C(C(=O)OC)C(c2ccc(F)c(F)c2)N(C(=O)NC2CCN(C3CCC(c4ccccc4OC)CC3)C2)C(=O)N1. The van der Waals surface area contributed by atoms with Crippen LogP contribution in [0.3, 0.4) is 0 Å². The molecule has 44 heavy (non-hydrogen) atoms. The van der Waals surface area contributed by atoms with E-state index in [2.05, 4.69) is 21.6 Å². The van der Waals surface area contributed by atoms with Crippen molar-refractivity contribution in [3.8, 4) is 5.75 Å². The van der Waals surface area contributed by atoms with Crippen LogP contribution in [0.2, 0.25) is 0 Å². The fraction of sp³-hybridized carbons (Fsp3) is 0.469. The van der Waals surface area contributed by atoms with Crippen LogP contribution in [-0.4, -0.2) is 80.9 Å². The molecule has 1 saturated carbocycles. The predicted molar refractivity (Wildman–Crippen MR) is 157 cm³/mol. The van der Waals surface area contributed by atoms with Crippen LogP contribution >= 0.6 is 0 Å². The Bertz CT molecular complexity index is 1430. The lowest BCUT2D eigenvalue weighted by molar-refractivity contribution is -0.137. The quantitative estimate of drug-likeness (QED) is 0.419. The molecule has 0 radical (unpaired) electrons. The molecule has 2 atom stereocenters.